The van der Waals surface area contributed by atoms with E-state index in [1.165, 1.54) is 11.2 Å². The van der Waals surface area contributed by atoms with Crippen LogP contribution in [0.1, 0.15) is 11.6 Å². The zero-order valence-electron chi connectivity index (χ0n) is 26.7. The summed E-state index contributed by atoms with van der Waals surface area (Å²) >= 11 is 0. The summed E-state index contributed by atoms with van der Waals surface area (Å²) in [6.07, 6.45) is 3.00. The number of phenolic OH excluding ortho intramolecular Hbond substituents is 1. The summed E-state index contributed by atoms with van der Waals surface area (Å²) in [6.45, 7) is 2.59. The predicted octanol–water partition coefficient (Wildman–Crippen LogP) is 3.40. The van der Waals surface area contributed by atoms with E-state index in [1.54, 1.807) is 48.7 Å². The van der Waals surface area contributed by atoms with Crippen LogP contribution in [0.5, 0.6) is 11.5 Å². The van der Waals surface area contributed by atoms with Gasteiger partial charge in [0.15, 0.2) is 5.78 Å². The lowest BCUT2D eigenvalue weighted by Crippen LogP contribution is -2.49. The van der Waals surface area contributed by atoms with Gasteiger partial charge in [-0.2, -0.15) is 15.2 Å². The van der Waals surface area contributed by atoms with E-state index in [1.807, 2.05) is 30.3 Å². The number of ether oxygens (including phenoxy) is 2. The Balaban J connectivity index is 1.07. The number of fused-ring (bicyclic) bond motifs is 1. The van der Waals surface area contributed by atoms with Crippen molar-refractivity contribution in [3.63, 3.8) is 0 Å². The number of phenols is 1. The van der Waals surface area contributed by atoms with Crippen molar-refractivity contribution >= 4 is 52.3 Å². The van der Waals surface area contributed by atoms with Gasteiger partial charge in [-0.1, -0.05) is 24.3 Å². The first-order chi connectivity index (χ1) is 24.4. The second-order valence-corrected chi connectivity index (χ2v) is 12.0. The van der Waals surface area contributed by atoms with Crippen LogP contribution in [0.2, 0.25) is 0 Å². The normalized spacial score (nSPS) is 19.0. The number of hydrazone groups is 1. The first kappa shape index (κ1) is 31.0. The van der Waals surface area contributed by atoms with Crippen LogP contribution < -0.4 is 20.3 Å². The van der Waals surface area contributed by atoms with E-state index in [0.717, 1.165) is 22.2 Å². The molecule has 2 atom stereocenters. The third-order valence-electron chi connectivity index (χ3n) is 8.62. The van der Waals surface area contributed by atoms with Gasteiger partial charge in [0.2, 0.25) is 11.9 Å². The molecule has 0 spiro atoms. The number of aliphatic imine (C=N–C) groups is 1. The molecule has 0 saturated carbocycles. The minimum Gasteiger partial charge on any atom is -0.508 e. The molecule has 1 saturated heterocycles. The quantitative estimate of drug-likeness (QED) is 0.146. The number of nitrogens with zero attached hydrogens (tertiary/aromatic N) is 7. The van der Waals surface area contributed by atoms with Gasteiger partial charge in [-0.15, -0.1) is 0 Å². The molecule has 50 heavy (non-hydrogen) atoms. The fourth-order valence-corrected chi connectivity index (χ4v) is 6.10. The summed E-state index contributed by atoms with van der Waals surface area (Å²) in [5.74, 6) is 0.492. The highest BCUT2D eigenvalue weighted by Crippen LogP contribution is 2.32. The number of aromatic nitrogens is 4. The maximum Gasteiger partial charge on any atom is 0.318 e. The number of anilines is 3. The van der Waals surface area contributed by atoms with Gasteiger partial charge < -0.3 is 30.1 Å². The van der Waals surface area contributed by atoms with E-state index in [9.17, 15) is 14.7 Å². The van der Waals surface area contributed by atoms with Gasteiger partial charge in [-0.25, -0.2) is 9.99 Å². The van der Waals surface area contributed by atoms with Crippen molar-refractivity contribution < 1.29 is 24.2 Å². The van der Waals surface area contributed by atoms with Crippen molar-refractivity contribution in [3.8, 4) is 22.8 Å². The smallest absolute Gasteiger partial charge is 0.318 e. The fourth-order valence-electron chi connectivity index (χ4n) is 6.10. The Morgan fingerprint density at radius 2 is 1.90 bits per heavy atom. The summed E-state index contributed by atoms with van der Waals surface area (Å²) in [5, 5.41) is 30.5. The minimum absolute atomic E-state index is 0.0493. The SMILES string of the molecule is O=C1C=NN(C2=NCC(C(=O)Oc3cccc(-c4cc(Nc5ccc6[nH]ncc6c5)nc(N5CCOCC5)n4)c3)C(c3cccc(O)c3)N2)C1. The van der Waals surface area contributed by atoms with Crippen LogP contribution in [0.4, 0.5) is 17.5 Å². The number of morpholine rings is 1. The van der Waals surface area contributed by atoms with Gasteiger partial charge in [-0.3, -0.25) is 19.7 Å². The van der Waals surface area contributed by atoms with Crippen molar-refractivity contribution in [2.45, 2.75) is 6.04 Å². The third kappa shape index (κ3) is 6.53. The average molecular weight is 673 g/mol. The van der Waals surface area contributed by atoms with Gasteiger partial charge >= 0.3 is 5.97 Å². The molecule has 5 aromatic rings. The van der Waals surface area contributed by atoms with Crippen LogP contribution in [0.15, 0.2) is 89.1 Å². The number of benzene rings is 3. The number of rotatable bonds is 7. The zero-order chi connectivity index (χ0) is 34.0. The van der Waals surface area contributed by atoms with Crippen molar-refractivity contribution in [1.82, 2.24) is 30.5 Å². The highest BCUT2D eigenvalue weighted by atomic mass is 16.5. The van der Waals surface area contributed by atoms with Crippen LogP contribution in [0, 0.1) is 5.92 Å². The topological polar surface area (TPSA) is 183 Å². The summed E-state index contributed by atoms with van der Waals surface area (Å²) in [7, 11) is 0. The summed E-state index contributed by atoms with van der Waals surface area (Å²) < 4.78 is 11.5. The van der Waals surface area contributed by atoms with E-state index in [0.29, 0.717) is 61.0 Å². The molecule has 5 heterocycles. The van der Waals surface area contributed by atoms with E-state index in [4.69, 9.17) is 19.4 Å². The van der Waals surface area contributed by atoms with Crippen LogP contribution in [0.3, 0.4) is 0 Å². The van der Waals surface area contributed by atoms with Crippen molar-refractivity contribution in [2.75, 3.05) is 49.6 Å². The average Bonchev–Trinajstić information content (AvgIpc) is 3.80. The molecular weight excluding hydrogens is 640 g/mol. The number of H-pyrrole nitrogens is 1. The van der Waals surface area contributed by atoms with Gasteiger partial charge in [0.05, 0.1) is 49.4 Å². The van der Waals surface area contributed by atoms with E-state index in [-0.39, 0.29) is 24.6 Å². The molecule has 3 aliphatic rings. The van der Waals surface area contributed by atoms with Crippen LogP contribution in [0.25, 0.3) is 22.2 Å². The molecule has 252 valence electrons. The summed E-state index contributed by atoms with van der Waals surface area (Å²) in [6, 6.07) is 21.0. The molecule has 0 bridgehead atoms. The molecule has 4 N–H and O–H groups in total. The number of hydrogen-bond donors (Lipinski definition) is 4. The maximum atomic E-state index is 13.8. The second kappa shape index (κ2) is 13.3. The lowest BCUT2D eigenvalue weighted by molar-refractivity contribution is -0.139. The Morgan fingerprint density at radius 3 is 2.74 bits per heavy atom. The molecule has 1 fully saturated rings. The van der Waals surface area contributed by atoms with Crippen molar-refractivity contribution in [3.05, 3.63) is 84.6 Å². The number of aromatic amines is 1. The number of carbonyl (C=O) groups excluding carboxylic acids is 2. The van der Waals surface area contributed by atoms with Gasteiger partial charge in [0.25, 0.3) is 0 Å². The van der Waals surface area contributed by atoms with Crippen molar-refractivity contribution in [2.24, 2.45) is 16.0 Å². The Hall–Kier alpha value is -6.35. The molecule has 0 amide bonds. The summed E-state index contributed by atoms with van der Waals surface area (Å²) in [4.78, 5) is 42.0. The Kier molecular flexibility index (Phi) is 8.22. The van der Waals surface area contributed by atoms with Crippen LogP contribution in [-0.4, -0.2) is 93.6 Å². The van der Waals surface area contributed by atoms with Gasteiger partial charge in [0.1, 0.15) is 29.8 Å². The molecule has 3 aliphatic heterocycles. The van der Waals surface area contributed by atoms with E-state index in [2.05, 4.69) is 35.8 Å². The van der Waals surface area contributed by atoms with Gasteiger partial charge in [0, 0.05) is 35.8 Å². The number of aromatic hydroxyl groups is 1. The number of Topliss-reactive ketones (excluding diaryl/α,β-unsaturated/α-hetero) is 1. The number of ketones is 1. The molecular formula is C35H32N10O5. The fraction of sp³-hybridized carbons (Fsp3) is 0.229. The van der Waals surface area contributed by atoms with Crippen LogP contribution in [-0.2, 0) is 14.3 Å². The molecule has 3 aromatic carbocycles. The largest absolute Gasteiger partial charge is 0.508 e. The molecule has 8 rings (SSSR count). The Morgan fingerprint density at radius 1 is 1.02 bits per heavy atom. The molecule has 15 nitrogen and oxygen atoms in total. The van der Waals surface area contributed by atoms with Gasteiger partial charge in [-0.05, 0) is 48.0 Å². The number of guanidine groups is 1. The Bertz CT molecular complexity index is 2140. The molecule has 15 heteroatoms. The number of hydrogen-bond acceptors (Lipinski definition) is 14. The highest BCUT2D eigenvalue weighted by Gasteiger charge is 2.37. The van der Waals surface area contributed by atoms with E-state index < -0.39 is 17.9 Å². The third-order valence-corrected chi connectivity index (χ3v) is 8.62. The number of esters is 1. The molecule has 2 aromatic heterocycles. The summed E-state index contributed by atoms with van der Waals surface area (Å²) in [5.41, 5.74) is 3.80. The predicted molar refractivity (Wildman–Crippen MR) is 185 cm³/mol. The van der Waals surface area contributed by atoms with E-state index >= 15 is 0 Å². The minimum atomic E-state index is -0.748. The molecule has 0 aliphatic carbocycles. The first-order valence-corrected chi connectivity index (χ1v) is 16.1. The standard InChI is InChI=1S/C35H32N10O5/c46-25-5-1-4-22(14-25)32-28(19-36-34(42-32)45-20-26(47)18-38-45)33(48)50-27-6-2-3-21(15-27)30-16-31(41-35(40-30)44-9-11-49-12-10-44)39-24-7-8-29-23(13-24)17-37-43-29/h1-8,13-18,28,32,46H,9-12,19-20H2,(H,36,42)(H,37,43)(H,39,40,41). The zero-order valence-corrected chi connectivity index (χ0v) is 26.7. The highest BCUT2D eigenvalue weighted by molar-refractivity contribution is 6.30. The molecule has 0 radical (unpaired) electrons. The lowest BCUT2D eigenvalue weighted by atomic mass is 9.91. The monoisotopic (exact) mass is 672 g/mol. The first-order valence-electron chi connectivity index (χ1n) is 16.1. The second-order valence-electron chi connectivity index (χ2n) is 12.0. The van der Waals surface area contributed by atoms with Crippen LogP contribution >= 0.6 is 0 Å². The molecule has 2 unspecified atom stereocenters. The Labute approximate surface area is 285 Å². The maximum absolute atomic E-state index is 13.8. The lowest BCUT2D eigenvalue weighted by Gasteiger charge is -2.33. The number of carbonyl (C=O) groups is 2. The number of nitrogens with one attached hydrogen (secondary N) is 3. The van der Waals surface area contributed by atoms with Crippen molar-refractivity contribution in [1.29, 1.82) is 0 Å².